The molecule has 0 heterocycles. The van der Waals surface area contributed by atoms with Gasteiger partial charge in [0.1, 0.15) is 0 Å². The molecule has 0 aliphatic rings. The molecule has 2 N–H and O–H groups in total. The van der Waals surface area contributed by atoms with Crippen LogP contribution in [0, 0.1) is 6.92 Å². The molecule has 0 aromatic heterocycles. The molecule has 0 unspecified atom stereocenters. The van der Waals surface area contributed by atoms with Crippen molar-refractivity contribution in [3.63, 3.8) is 0 Å². The second kappa shape index (κ2) is 9.47. The van der Waals surface area contributed by atoms with Gasteiger partial charge in [-0.3, -0.25) is 4.79 Å². The Kier molecular flexibility index (Phi) is 7.01. The van der Waals surface area contributed by atoms with Crippen LogP contribution in [0.5, 0.6) is 0 Å². The summed E-state index contributed by atoms with van der Waals surface area (Å²) in [5.74, 6) is -0.367. The normalized spacial score (nSPS) is 11.4. The van der Waals surface area contributed by atoms with E-state index in [2.05, 4.69) is 29.7 Å². The zero-order valence-electron chi connectivity index (χ0n) is 14.6. The van der Waals surface area contributed by atoms with E-state index in [9.17, 15) is 9.59 Å². The van der Waals surface area contributed by atoms with Gasteiger partial charge in [-0.25, -0.2) is 4.79 Å². The molecule has 0 spiro atoms. The Morgan fingerprint density at radius 2 is 1.72 bits per heavy atom. The minimum Gasteiger partial charge on any atom is -0.469 e. The Morgan fingerprint density at radius 1 is 1.04 bits per heavy atom. The monoisotopic (exact) mass is 340 g/mol. The van der Waals surface area contributed by atoms with E-state index in [4.69, 9.17) is 4.74 Å². The number of esters is 1. The molecule has 2 amide bonds. The molecule has 0 fully saturated rings. The third-order valence-electron chi connectivity index (χ3n) is 4.05. The second-order valence-electron chi connectivity index (χ2n) is 5.82. The van der Waals surface area contributed by atoms with Gasteiger partial charge in [-0.15, -0.1) is 0 Å². The van der Waals surface area contributed by atoms with E-state index < -0.39 is 6.04 Å². The van der Waals surface area contributed by atoms with E-state index in [0.717, 1.165) is 12.0 Å². The Bertz CT molecular complexity index is 701. The molecule has 0 saturated heterocycles. The first kappa shape index (κ1) is 18.5. The number of hydrogen-bond acceptors (Lipinski definition) is 3. The van der Waals surface area contributed by atoms with Crippen molar-refractivity contribution in [3.8, 4) is 0 Å². The van der Waals surface area contributed by atoms with Gasteiger partial charge in [0, 0.05) is 6.54 Å². The number of urea groups is 1. The van der Waals surface area contributed by atoms with Crippen LogP contribution in [-0.2, 0) is 16.0 Å². The van der Waals surface area contributed by atoms with Crippen molar-refractivity contribution >= 4 is 12.0 Å². The number of nitrogens with one attached hydrogen (secondary N) is 2. The highest BCUT2D eigenvalue weighted by molar-refractivity contribution is 5.76. The highest BCUT2D eigenvalue weighted by Gasteiger charge is 2.18. The van der Waals surface area contributed by atoms with Crippen molar-refractivity contribution in [1.29, 1.82) is 0 Å². The van der Waals surface area contributed by atoms with Gasteiger partial charge in [0.05, 0.1) is 19.6 Å². The smallest absolute Gasteiger partial charge is 0.315 e. The van der Waals surface area contributed by atoms with E-state index in [1.807, 2.05) is 42.5 Å². The SMILES string of the molecule is COC(=O)C[C@@H](NC(=O)NCCc1ccccc1C)c1ccccc1. The summed E-state index contributed by atoms with van der Waals surface area (Å²) in [5, 5.41) is 5.70. The van der Waals surface area contributed by atoms with Crippen LogP contribution in [0.3, 0.4) is 0 Å². The molecule has 25 heavy (non-hydrogen) atoms. The maximum Gasteiger partial charge on any atom is 0.315 e. The Balaban J connectivity index is 1.90. The fourth-order valence-electron chi connectivity index (χ4n) is 2.60. The fraction of sp³-hybridized carbons (Fsp3) is 0.300. The number of hydrogen-bond donors (Lipinski definition) is 2. The van der Waals surface area contributed by atoms with E-state index in [-0.39, 0.29) is 18.4 Å². The number of aryl methyl sites for hydroxylation is 1. The molecule has 1 atom stereocenters. The standard InChI is InChI=1S/C20H24N2O3/c1-15-8-6-7-9-16(15)12-13-21-20(24)22-18(14-19(23)25-2)17-10-4-3-5-11-17/h3-11,18H,12-14H2,1-2H3,(H2,21,22,24)/t18-/m1/s1. The van der Waals surface area contributed by atoms with Crippen LogP contribution in [0.25, 0.3) is 0 Å². The van der Waals surface area contributed by atoms with Gasteiger partial charge in [0.25, 0.3) is 0 Å². The van der Waals surface area contributed by atoms with Crippen molar-refractivity contribution in [3.05, 3.63) is 71.3 Å². The van der Waals surface area contributed by atoms with Gasteiger partial charge < -0.3 is 15.4 Å². The van der Waals surface area contributed by atoms with Crippen molar-refractivity contribution < 1.29 is 14.3 Å². The first-order chi connectivity index (χ1) is 12.1. The molecule has 2 aromatic carbocycles. The van der Waals surface area contributed by atoms with Crippen LogP contribution in [-0.4, -0.2) is 25.7 Å². The summed E-state index contributed by atoms with van der Waals surface area (Å²) < 4.78 is 4.73. The lowest BCUT2D eigenvalue weighted by molar-refractivity contribution is -0.141. The predicted molar refractivity (Wildman–Crippen MR) is 97.2 cm³/mol. The Morgan fingerprint density at radius 3 is 2.40 bits per heavy atom. The van der Waals surface area contributed by atoms with E-state index in [1.165, 1.54) is 18.2 Å². The van der Waals surface area contributed by atoms with Crippen LogP contribution >= 0.6 is 0 Å². The van der Waals surface area contributed by atoms with Crippen LogP contribution in [0.4, 0.5) is 4.79 Å². The van der Waals surface area contributed by atoms with Gasteiger partial charge in [-0.2, -0.15) is 0 Å². The Hall–Kier alpha value is -2.82. The molecule has 2 rings (SSSR count). The second-order valence-corrected chi connectivity index (χ2v) is 5.82. The summed E-state index contributed by atoms with van der Waals surface area (Å²) in [6.45, 7) is 2.58. The number of carbonyl (C=O) groups is 2. The van der Waals surface area contributed by atoms with Crippen molar-refractivity contribution in [2.45, 2.75) is 25.8 Å². The average Bonchev–Trinajstić information content (AvgIpc) is 2.63. The molecule has 5 heteroatoms. The lowest BCUT2D eigenvalue weighted by Gasteiger charge is -2.18. The minimum absolute atomic E-state index is 0.0890. The van der Waals surface area contributed by atoms with E-state index in [0.29, 0.717) is 6.54 Å². The third-order valence-corrected chi connectivity index (χ3v) is 4.05. The molecule has 0 aliphatic heterocycles. The number of methoxy groups -OCH3 is 1. The molecular weight excluding hydrogens is 316 g/mol. The maximum atomic E-state index is 12.2. The number of benzene rings is 2. The third kappa shape index (κ3) is 5.95. The summed E-state index contributed by atoms with van der Waals surface area (Å²) in [4.78, 5) is 23.8. The zero-order valence-corrected chi connectivity index (χ0v) is 14.6. The lowest BCUT2D eigenvalue weighted by atomic mass is 10.0. The zero-order chi connectivity index (χ0) is 18.1. The van der Waals surface area contributed by atoms with Crippen molar-refractivity contribution in [1.82, 2.24) is 10.6 Å². The molecular formula is C20H24N2O3. The average molecular weight is 340 g/mol. The maximum absolute atomic E-state index is 12.2. The van der Waals surface area contributed by atoms with Crippen LogP contribution in [0.15, 0.2) is 54.6 Å². The predicted octanol–water partition coefficient (Wildman–Crippen LogP) is 3.14. The molecule has 0 bridgehead atoms. The van der Waals surface area contributed by atoms with Gasteiger partial charge in [-0.1, -0.05) is 54.6 Å². The molecule has 2 aromatic rings. The summed E-state index contributed by atoms with van der Waals surface area (Å²) in [7, 11) is 1.34. The molecule has 5 nitrogen and oxygen atoms in total. The number of carbonyl (C=O) groups excluding carboxylic acids is 2. The minimum atomic E-state index is -0.424. The molecule has 0 aliphatic carbocycles. The first-order valence-electron chi connectivity index (χ1n) is 8.30. The quantitative estimate of drug-likeness (QED) is 0.761. The number of ether oxygens (including phenoxy) is 1. The lowest BCUT2D eigenvalue weighted by Crippen LogP contribution is -2.39. The highest BCUT2D eigenvalue weighted by atomic mass is 16.5. The first-order valence-corrected chi connectivity index (χ1v) is 8.30. The van der Waals surface area contributed by atoms with Crippen molar-refractivity contribution in [2.75, 3.05) is 13.7 Å². The number of rotatable bonds is 7. The summed E-state index contributed by atoms with van der Waals surface area (Å²) in [5.41, 5.74) is 3.27. The molecule has 0 saturated carbocycles. The van der Waals surface area contributed by atoms with Gasteiger partial charge in [0.15, 0.2) is 0 Å². The highest BCUT2D eigenvalue weighted by Crippen LogP contribution is 2.17. The van der Waals surface area contributed by atoms with Crippen LogP contribution in [0.1, 0.15) is 29.2 Å². The Labute approximate surface area is 148 Å². The molecule has 0 radical (unpaired) electrons. The van der Waals surface area contributed by atoms with Gasteiger partial charge in [-0.05, 0) is 30.0 Å². The molecule has 132 valence electrons. The van der Waals surface area contributed by atoms with Crippen LogP contribution < -0.4 is 10.6 Å². The topological polar surface area (TPSA) is 67.4 Å². The summed E-state index contributed by atoms with van der Waals surface area (Å²) in [6.07, 6.45) is 0.846. The van der Waals surface area contributed by atoms with Crippen molar-refractivity contribution in [2.24, 2.45) is 0 Å². The summed E-state index contributed by atoms with van der Waals surface area (Å²) >= 11 is 0. The van der Waals surface area contributed by atoms with Gasteiger partial charge in [0.2, 0.25) is 0 Å². The van der Waals surface area contributed by atoms with E-state index >= 15 is 0 Å². The van der Waals surface area contributed by atoms with Crippen LogP contribution in [0.2, 0.25) is 0 Å². The van der Waals surface area contributed by atoms with E-state index in [1.54, 1.807) is 0 Å². The van der Waals surface area contributed by atoms with Gasteiger partial charge >= 0.3 is 12.0 Å². The fourth-order valence-corrected chi connectivity index (χ4v) is 2.60. The largest absolute Gasteiger partial charge is 0.469 e. The number of amides is 2. The summed E-state index contributed by atoms with van der Waals surface area (Å²) in [6, 6.07) is 16.8.